The maximum absolute atomic E-state index is 14.6. The van der Waals surface area contributed by atoms with Gasteiger partial charge in [0.2, 0.25) is 11.8 Å². The number of hydrogen-bond donors (Lipinski definition) is 1. The molecule has 7 nitrogen and oxygen atoms in total. The molecule has 0 aromatic heterocycles. The zero-order chi connectivity index (χ0) is 33.4. The van der Waals surface area contributed by atoms with E-state index in [9.17, 15) is 18.0 Å². The van der Waals surface area contributed by atoms with Crippen LogP contribution >= 0.6 is 34.8 Å². The van der Waals surface area contributed by atoms with Crippen molar-refractivity contribution in [1.82, 2.24) is 10.2 Å². The molecule has 2 amide bonds. The molecule has 1 N–H and O–H groups in total. The summed E-state index contributed by atoms with van der Waals surface area (Å²) in [7, 11) is -4.25. The summed E-state index contributed by atoms with van der Waals surface area (Å²) in [4.78, 5) is 29.9. The first-order valence-corrected chi connectivity index (χ1v) is 17.4. The fourth-order valence-electron chi connectivity index (χ4n) is 4.87. The first kappa shape index (κ1) is 35.3. The number of hydrogen-bond acceptors (Lipinski definition) is 4. The van der Waals surface area contributed by atoms with Crippen molar-refractivity contribution >= 4 is 62.3 Å². The summed E-state index contributed by atoms with van der Waals surface area (Å²) < 4.78 is 29.3. The van der Waals surface area contributed by atoms with Crippen molar-refractivity contribution in [2.45, 2.75) is 57.1 Å². The van der Waals surface area contributed by atoms with Crippen molar-refractivity contribution in [2.75, 3.05) is 10.8 Å². The number of aryl methyl sites for hydroxylation is 1. The van der Waals surface area contributed by atoms with Crippen LogP contribution in [-0.4, -0.2) is 43.8 Å². The smallest absolute Gasteiger partial charge is 0.264 e. The Balaban J connectivity index is 1.83. The van der Waals surface area contributed by atoms with E-state index in [-0.39, 0.29) is 29.8 Å². The molecule has 0 radical (unpaired) electrons. The van der Waals surface area contributed by atoms with Gasteiger partial charge in [0.05, 0.1) is 10.6 Å². The van der Waals surface area contributed by atoms with E-state index >= 15 is 0 Å². The van der Waals surface area contributed by atoms with Crippen LogP contribution in [0.1, 0.15) is 37.0 Å². The summed E-state index contributed by atoms with van der Waals surface area (Å²) in [6.45, 7) is 5.03. The lowest BCUT2D eigenvalue weighted by Crippen LogP contribution is -2.54. The standard InChI is InChI=1S/C35H36Cl3N3O4S/c1-4-25(3)39-35(43)33(20-26-10-6-5-7-11-26)40(22-27-13-14-29(37)21-32(27)38)34(42)23-41(30-12-8-9-24(2)19-30)46(44,45)31-17-15-28(36)16-18-31/h5-19,21,25,33H,4,20,22-23H2,1-3H3,(H,39,43). The zero-order valence-electron chi connectivity index (χ0n) is 25.8. The van der Waals surface area contributed by atoms with E-state index in [0.29, 0.717) is 32.7 Å². The van der Waals surface area contributed by atoms with Crippen molar-refractivity contribution in [3.8, 4) is 0 Å². The van der Waals surface area contributed by atoms with Crippen molar-refractivity contribution in [1.29, 1.82) is 0 Å². The van der Waals surface area contributed by atoms with Crippen LogP contribution in [-0.2, 0) is 32.6 Å². The Labute approximate surface area is 286 Å². The van der Waals surface area contributed by atoms with E-state index in [1.807, 2.05) is 57.2 Å². The van der Waals surface area contributed by atoms with Crippen molar-refractivity contribution in [2.24, 2.45) is 0 Å². The minimum Gasteiger partial charge on any atom is -0.352 e. The molecule has 4 aromatic carbocycles. The van der Waals surface area contributed by atoms with Gasteiger partial charge in [0.25, 0.3) is 10.0 Å². The zero-order valence-corrected chi connectivity index (χ0v) is 28.9. The second-order valence-electron chi connectivity index (χ2n) is 11.1. The van der Waals surface area contributed by atoms with Crippen LogP contribution in [0.3, 0.4) is 0 Å². The number of nitrogens with one attached hydrogen (secondary N) is 1. The number of benzene rings is 4. The van der Waals surface area contributed by atoms with E-state index in [1.54, 1.807) is 36.4 Å². The van der Waals surface area contributed by atoms with Gasteiger partial charge in [-0.25, -0.2) is 8.42 Å². The van der Waals surface area contributed by atoms with Gasteiger partial charge < -0.3 is 10.2 Å². The summed E-state index contributed by atoms with van der Waals surface area (Å²) in [5, 5.41) is 4.13. The maximum Gasteiger partial charge on any atom is 0.264 e. The topological polar surface area (TPSA) is 86.8 Å². The summed E-state index contributed by atoms with van der Waals surface area (Å²) in [6, 6.07) is 25.8. The molecule has 242 valence electrons. The normalized spacial score (nSPS) is 12.7. The monoisotopic (exact) mass is 699 g/mol. The largest absolute Gasteiger partial charge is 0.352 e. The van der Waals surface area contributed by atoms with E-state index < -0.39 is 28.5 Å². The number of sulfonamides is 1. The van der Waals surface area contributed by atoms with Crippen molar-refractivity contribution in [3.63, 3.8) is 0 Å². The van der Waals surface area contributed by atoms with Gasteiger partial charge in [-0.1, -0.05) is 90.3 Å². The molecule has 11 heteroatoms. The molecule has 4 aromatic rings. The Morgan fingerprint density at radius 2 is 1.52 bits per heavy atom. The Hall–Kier alpha value is -3.56. The fourth-order valence-corrected chi connectivity index (χ4v) is 6.87. The van der Waals surface area contributed by atoms with Gasteiger partial charge >= 0.3 is 0 Å². The number of carbonyl (C=O) groups is 2. The van der Waals surface area contributed by atoms with Crippen molar-refractivity contribution < 1.29 is 18.0 Å². The highest BCUT2D eigenvalue weighted by atomic mass is 35.5. The van der Waals surface area contributed by atoms with Gasteiger partial charge in [-0.2, -0.15) is 0 Å². The highest BCUT2D eigenvalue weighted by Crippen LogP contribution is 2.28. The molecule has 0 saturated carbocycles. The highest BCUT2D eigenvalue weighted by Gasteiger charge is 2.35. The first-order chi connectivity index (χ1) is 21.9. The minimum absolute atomic E-state index is 0.0335. The van der Waals surface area contributed by atoms with Crippen LogP contribution in [0.25, 0.3) is 0 Å². The van der Waals surface area contributed by atoms with Crippen LogP contribution in [0, 0.1) is 6.92 Å². The third kappa shape index (κ3) is 9.04. The summed E-state index contributed by atoms with van der Waals surface area (Å²) in [5.41, 5.74) is 2.49. The van der Waals surface area contributed by atoms with Crippen LogP contribution in [0.5, 0.6) is 0 Å². The molecule has 0 bridgehead atoms. The minimum atomic E-state index is -4.25. The molecule has 0 heterocycles. The average molecular weight is 701 g/mol. The quantitative estimate of drug-likeness (QED) is 0.155. The van der Waals surface area contributed by atoms with Crippen LogP contribution < -0.4 is 9.62 Å². The highest BCUT2D eigenvalue weighted by molar-refractivity contribution is 7.92. The van der Waals surface area contributed by atoms with Gasteiger partial charge in [0.1, 0.15) is 12.6 Å². The van der Waals surface area contributed by atoms with Gasteiger partial charge in [0.15, 0.2) is 0 Å². The number of nitrogens with zero attached hydrogens (tertiary/aromatic N) is 2. The lowest BCUT2D eigenvalue weighted by Gasteiger charge is -2.34. The third-order valence-corrected chi connectivity index (χ3v) is 10.2. The van der Waals surface area contributed by atoms with Crippen LogP contribution in [0.15, 0.2) is 102 Å². The second kappa shape index (κ2) is 15.8. The molecule has 4 rings (SSSR count). The number of rotatable bonds is 13. The molecule has 46 heavy (non-hydrogen) atoms. The lowest BCUT2D eigenvalue weighted by atomic mass is 10.0. The summed E-state index contributed by atoms with van der Waals surface area (Å²) >= 11 is 18.8. The van der Waals surface area contributed by atoms with E-state index in [1.165, 1.54) is 29.2 Å². The SMILES string of the molecule is CCC(C)NC(=O)C(Cc1ccccc1)N(Cc1ccc(Cl)cc1Cl)C(=O)CN(c1cccc(C)c1)S(=O)(=O)c1ccc(Cl)cc1. The summed E-state index contributed by atoms with van der Waals surface area (Å²) in [5.74, 6) is -0.954. The Kier molecular flexibility index (Phi) is 12.1. The summed E-state index contributed by atoms with van der Waals surface area (Å²) in [6.07, 6.45) is 0.871. The van der Waals surface area contributed by atoms with E-state index in [4.69, 9.17) is 34.8 Å². The van der Waals surface area contributed by atoms with Gasteiger partial charge in [-0.05, 0) is 85.5 Å². The molecule has 0 aliphatic carbocycles. The van der Waals surface area contributed by atoms with E-state index in [0.717, 1.165) is 15.4 Å². The number of anilines is 1. The Morgan fingerprint density at radius 3 is 2.15 bits per heavy atom. The van der Waals surface area contributed by atoms with Crippen LogP contribution in [0.2, 0.25) is 15.1 Å². The molecule has 0 aliphatic rings. The molecule has 0 fully saturated rings. The fraction of sp³-hybridized carbons (Fsp3) is 0.257. The molecule has 0 saturated heterocycles. The Morgan fingerprint density at radius 1 is 0.848 bits per heavy atom. The molecule has 2 unspecified atom stereocenters. The maximum atomic E-state index is 14.6. The molecule has 0 aliphatic heterocycles. The predicted molar refractivity (Wildman–Crippen MR) is 186 cm³/mol. The molecule has 0 spiro atoms. The third-order valence-electron chi connectivity index (χ3n) is 7.60. The average Bonchev–Trinajstić information content (AvgIpc) is 3.02. The van der Waals surface area contributed by atoms with Gasteiger partial charge in [0, 0.05) is 34.1 Å². The Bertz CT molecular complexity index is 1770. The van der Waals surface area contributed by atoms with Crippen LogP contribution in [0.4, 0.5) is 5.69 Å². The number of halogens is 3. The molecular weight excluding hydrogens is 665 g/mol. The lowest BCUT2D eigenvalue weighted by molar-refractivity contribution is -0.140. The second-order valence-corrected chi connectivity index (χ2v) is 14.2. The molecular formula is C35H36Cl3N3O4S. The molecule has 2 atom stereocenters. The number of amides is 2. The van der Waals surface area contributed by atoms with Gasteiger partial charge in [-0.15, -0.1) is 0 Å². The predicted octanol–water partition coefficient (Wildman–Crippen LogP) is 7.71. The van der Waals surface area contributed by atoms with Gasteiger partial charge in [-0.3, -0.25) is 13.9 Å². The van der Waals surface area contributed by atoms with E-state index in [2.05, 4.69) is 5.32 Å². The first-order valence-electron chi connectivity index (χ1n) is 14.8. The number of carbonyl (C=O) groups excluding carboxylic acids is 2. The van der Waals surface area contributed by atoms with Crippen molar-refractivity contribution in [3.05, 3.63) is 129 Å².